The average Bonchev–Trinajstić information content (AvgIpc) is 2.84. The fourth-order valence-electron chi connectivity index (χ4n) is 4.76. The molecule has 11 heteroatoms. The van der Waals surface area contributed by atoms with Crippen molar-refractivity contribution in [2.45, 2.75) is 69.4 Å². The summed E-state index contributed by atoms with van der Waals surface area (Å²) in [6.45, 7) is 2.50. The topological polar surface area (TPSA) is 118 Å². The smallest absolute Gasteiger partial charge is 0.416 e. The van der Waals surface area contributed by atoms with Crippen molar-refractivity contribution in [3.8, 4) is 5.88 Å². The second kappa shape index (κ2) is 10.6. The lowest BCUT2D eigenvalue weighted by molar-refractivity contribution is -0.137. The number of hydrogen-bond acceptors (Lipinski definition) is 6. The molecule has 2 fully saturated rings. The molecule has 2 heterocycles. The van der Waals surface area contributed by atoms with E-state index in [1.54, 1.807) is 17.9 Å². The second-order valence-electron chi connectivity index (χ2n) is 10.0. The minimum Gasteiger partial charge on any atom is -0.474 e. The molecule has 2 aliphatic rings. The number of alkyl halides is 3. The summed E-state index contributed by atoms with van der Waals surface area (Å²) in [5, 5.41) is 13.0. The average molecular weight is 521 g/mol. The second-order valence-corrected chi connectivity index (χ2v) is 10.0. The summed E-state index contributed by atoms with van der Waals surface area (Å²) >= 11 is 0. The standard InChI is InChI=1S/C26H31F3N4O4/c1-25(36)8-11-33(12-9-25)19-14-16(13-17(15-19)26(27,28)29)23(35)32-18-4-6-20(7-5-18)37-24-21(22(30)34)3-2-10-31-24/h2-3,10,13-15,18,20,36H,4-9,11-12H2,1H3,(H2,30,34)(H,32,35). The van der Waals surface area contributed by atoms with Gasteiger partial charge >= 0.3 is 6.18 Å². The van der Waals surface area contributed by atoms with Crippen molar-refractivity contribution >= 4 is 17.5 Å². The Kier molecular flexibility index (Phi) is 7.63. The Labute approximate surface area is 213 Å². The molecule has 1 aliphatic carbocycles. The highest BCUT2D eigenvalue weighted by atomic mass is 19.4. The molecule has 1 saturated heterocycles. The van der Waals surface area contributed by atoms with E-state index in [0.29, 0.717) is 57.3 Å². The number of amides is 2. The van der Waals surface area contributed by atoms with Crippen molar-refractivity contribution in [3.05, 3.63) is 53.2 Å². The highest BCUT2D eigenvalue weighted by Gasteiger charge is 2.34. The zero-order chi connectivity index (χ0) is 26.8. The Bertz CT molecular complexity index is 1140. The number of piperidine rings is 1. The van der Waals surface area contributed by atoms with Crippen molar-refractivity contribution < 1.29 is 32.6 Å². The van der Waals surface area contributed by atoms with Crippen LogP contribution in [0.4, 0.5) is 18.9 Å². The summed E-state index contributed by atoms with van der Waals surface area (Å²) in [5.74, 6) is -1.04. The lowest BCUT2D eigenvalue weighted by atomic mass is 9.92. The molecule has 0 radical (unpaired) electrons. The van der Waals surface area contributed by atoms with Crippen LogP contribution in [0.15, 0.2) is 36.5 Å². The van der Waals surface area contributed by atoms with Gasteiger partial charge in [0.25, 0.3) is 11.8 Å². The van der Waals surface area contributed by atoms with E-state index < -0.39 is 29.2 Å². The molecular formula is C26H31F3N4O4. The number of hydrogen-bond donors (Lipinski definition) is 3. The first kappa shape index (κ1) is 26.7. The van der Waals surface area contributed by atoms with Crippen molar-refractivity contribution in [1.29, 1.82) is 0 Å². The van der Waals surface area contributed by atoms with E-state index in [2.05, 4.69) is 10.3 Å². The minimum atomic E-state index is -4.60. The number of nitrogens with one attached hydrogen (secondary N) is 1. The molecule has 200 valence electrons. The van der Waals surface area contributed by atoms with Gasteiger partial charge in [-0.1, -0.05) is 0 Å². The van der Waals surface area contributed by atoms with Gasteiger partial charge in [-0.15, -0.1) is 0 Å². The molecule has 8 nitrogen and oxygen atoms in total. The summed E-state index contributed by atoms with van der Waals surface area (Å²) in [4.78, 5) is 30.4. The number of aliphatic hydroxyl groups is 1. The Morgan fingerprint density at radius 2 is 1.84 bits per heavy atom. The molecule has 1 aliphatic heterocycles. The van der Waals surface area contributed by atoms with E-state index in [1.165, 1.54) is 18.3 Å². The molecule has 1 saturated carbocycles. The van der Waals surface area contributed by atoms with Gasteiger partial charge in [0.1, 0.15) is 11.7 Å². The van der Waals surface area contributed by atoms with Crippen molar-refractivity contribution in [2.24, 2.45) is 5.73 Å². The Morgan fingerprint density at radius 3 is 2.46 bits per heavy atom. The number of benzene rings is 1. The fraction of sp³-hybridized carbons (Fsp3) is 0.500. The van der Waals surface area contributed by atoms with Crippen molar-refractivity contribution in [1.82, 2.24) is 10.3 Å². The minimum absolute atomic E-state index is 0.0554. The van der Waals surface area contributed by atoms with Gasteiger partial charge < -0.3 is 25.8 Å². The van der Waals surface area contributed by atoms with E-state index in [9.17, 15) is 27.9 Å². The molecule has 4 N–H and O–H groups in total. The number of rotatable bonds is 6. The maximum atomic E-state index is 13.6. The van der Waals surface area contributed by atoms with Crippen LogP contribution >= 0.6 is 0 Å². The number of anilines is 1. The third kappa shape index (κ3) is 6.71. The van der Waals surface area contributed by atoms with Crippen LogP contribution in [0.5, 0.6) is 5.88 Å². The van der Waals surface area contributed by atoms with Crippen LogP contribution in [-0.2, 0) is 6.18 Å². The summed E-state index contributed by atoms with van der Waals surface area (Å²) in [5.41, 5.74) is 4.08. The van der Waals surface area contributed by atoms with E-state index in [-0.39, 0.29) is 29.2 Å². The third-order valence-corrected chi connectivity index (χ3v) is 7.04. The van der Waals surface area contributed by atoms with Gasteiger partial charge in [-0.2, -0.15) is 13.2 Å². The molecule has 1 aromatic carbocycles. The summed E-state index contributed by atoms with van der Waals surface area (Å²) in [6, 6.07) is 6.30. The van der Waals surface area contributed by atoms with Crippen LogP contribution in [0.1, 0.15) is 71.7 Å². The van der Waals surface area contributed by atoms with Crippen LogP contribution in [-0.4, -0.2) is 52.7 Å². The fourth-order valence-corrected chi connectivity index (χ4v) is 4.76. The SMILES string of the molecule is CC1(O)CCN(c2cc(C(=O)NC3CCC(Oc4ncccc4C(N)=O)CC3)cc(C(F)(F)F)c2)CC1. The van der Waals surface area contributed by atoms with E-state index in [4.69, 9.17) is 10.5 Å². The lowest BCUT2D eigenvalue weighted by Crippen LogP contribution is -2.43. The third-order valence-electron chi connectivity index (χ3n) is 7.04. The number of nitrogens with two attached hydrogens (primary N) is 1. The predicted molar refractivity (Wildman–Crippen MR) is 130 cm³/mol. The number of aromatic nitrogens is 1. The predicted octanol–water partition coefficient (Wildman–Crippen LogP) is 3.67. The van der Waals surface area contributed by atoms with Gasteiger partial charge in [-0.3, -0.25) is 9.59 Å². The highest BCUT2D eigenvalue weighted by molar-refractivity contribution is 5.96. The number of pyridine rings is 1. The molecule has 0 spiro atoms. The van der Waals surface area contributed by atoms with E-state index in [0.717, 1.165) is 12.1 Å². The Morgan fingerprint density at radius 1 is 1.16 bits per heavy atom. The van der Waals surface area contributed by atoms with Crippen LogP contribution in [0.2, 0.25) is 0 Å². The van der Waals surface area contributed by atoms with Crippen molar-refractivity contribution in [3.63, 3.8) is 0 Å². The Balaban J connectivity index is 1.41. The number of halogens is 3. The van der Waals surface area contributed by atoms with Crippen LogP contribution < -0.4 is 20.7 Å². The Hall–Kier alpha value is -3.34. The van der Waals surface area contributed by atoms with Gasteiger partial charge in [0.15, 0.2) is 0 Å². The van der Waals surface area contributed by atoms with Gasteiger partial charge in [0.05, 0.1) is 11.2 Å². The van der Waals surface area contributed by atoms with Gasteiger partial charge in [0, 0.05) is 36.6 Å². The maximum absolute atomic E-state index is 13.6. The summed E-state index contributed by atoms with van der Waals surface area (Å²) in [7, 11) is 0. The molecule has 0 atom stereocenters. The van der Waals surface area contributed by atoms with Gasteiger partial charge in [-0.25, -0.2) is 4.98 Å². The largest absolute Gasteiger partial charge is 0.474 e. The lowest BCUT2D eigenvalue weighted by Gasteiger charge is -2.37. The molecule has 2 aromatic rings. The van der Waals surface area contributed by atoms with E-state index in [1.807, 2.05) is 0 Å². The summed E-state index contributed by atoms with van der Waals surface area (Å²) < 4.78 is 46.7. The van der Waals surface area contributed by atoms with Gasteiger partial charge in [0.2, 0.25) is 5.88 Å². The molecule has 1 aromatic heterocycles. The van der Waals surface area contributed by atoms with E-state index >= 15 is 0 Å². The normalized spacial score (nSPS) is 21.8. The first-order valence-electron chi connectivity index (χ1n) is 12.3. The number of carbonyl (C=O) groups excluding carboxylic acids is 2. The molecule has 4 rings (SSSR count). The number of nitrogens with zero attached hydrogens (tertiary/aromatic N) is 2. The molecule has 0 unspecified atom stereocenters. The highest BCUT2D eigenvalue weighted by Crippen LogP contribution is 2.35. The first-order chi connectivity index (χ1) is 17.4. The van der Waals surface area contributed by atoms with Gasteiger partial charge in [-0.05, 0) is 75.8 Å². The summed E-state index contributed by atoms with van der Waals surface area (Å²) in [6.07, 6.45) is -0.212. The molecule has 2 amide bonds. The van der Waals surface area contributed by atoms with Crippen LogP contribution in [0.3, 0.4) is 0 Å². The molecular weight excluding hydrogens is 489 g/mol. The zero-order valence-corrected chi connectivity index (χ0v) is 20.6. The maximum Gasteiger partial charge on any atom is 0.416 e. The molecule has 37 heavy (non-hydrogen) atoms. The number of primary amides is 1. The first-order valence-corrected chi connectivity index (χ1v) is 12.3. The molecule has 0 bridgehead atoms. The zero-order valence-electron chi connectivity index (χ0n) is 20.6. The van der Waals surface area contributed by atoms with Crippen molar-refractivity contribution in [2.75, 3.05) is 18.0 Å². The quantitative estimate of drug-likeness (QED) is 0.535. The number of carbonyl (C=O) groups is 2. The monoisotopic (exact) mass is 520 g/mol. The van der Waals surface area contributed by atoms with Crippen LogP contribution in [0.25, 0.3) is 0 Å². The number of ether oxygens (including phenoxy) is 1. The van der Waals surface area contributed by atoms with Crippen LogP contribution in [0, 0.1) is 0 Å².